The Morgan fingerprint density at radius 1 is 1.30 bits per heavy atom. The van der Waals surface area contributed by atoms with Crippen LogP contribution < -0.4 is 5.32 Å². The fraction of sp³-hybridized carbons (Fsp3) is 0.556. The van der Waals surface area contributed by atoms with Gasteiger partial charge in [0.05, 0.1) is 0 Å². The van der Waals surface area contributed by atoms with Gasteiger partial charge in [-0.2, -0.15) is 0 Å². The van der Waals surface area contributed by atoms with Gasteiger partial charge in [-0.05, 0) is 63.4 Å². The third kappa shape index (κ3) is 4.68. The Labute approximate surface area is 123 Å². The highest BCUT2D eigenvalue weighted by Gasteiger charge is 2.17. The number of hydrogen-bond donors (Lipinski definition) is 1. The second-order valence-electron chi connectivity index (χ2n) is 6.62. The lowest BCUT2D eigenvalue weighted by molar-refractivity contribution is 0.402. The minimum Gasteiger partial charge on any atom is -0.385 e. The summed E-state index contributed by atoms with van der Waals surface area (Å²) in [6, 6.07) is 8.79. The molecule has 0 saturated carbocycles. The van der Waals surface area contributed by atoms with Crippen LogP contribution in [0.3, 0.4) is 0 Å². The largest absolute Gasteiger partial charge is 0.385 e. The van der Waals surface area contributed by atoms with Gasteiger partial charge in [-0.25, -0.2) is 0 Å². The maximum atomic E-state index is 3.62. The topological polar surface area (TPSA) is 15.3 Å². The van der Waals surface area contributed by atoms with Gasteiger partial charge in [-0.15, -0.1) is 0 Å². The molecular weight excluding hydrogens is 244 g/mol. The molecule has 0 fully saturated rings. The molecule has 2 unspecified atom stereocenters. The summed E-state index contributed by atoms with van der Waals surface area (Å²) in [5.74, 6) is 1.50. The molecule has 1 aliphatic carbocycles. The summed E-state index contributed by atoms with van der Waals surface area (Å²) < 4.78 is 0. The normalized spacial score (nSPS) is 22.8. The molecule has 1 aromatic carbocycles. The van der Waals surface area contributed by atoms with Crippen molar-refractivity contribution < 1.29 is 0 Å². The van der Waals surface area contributed by atoms with E-state index in [0.29, 0.717) is 0 Å². The van der Waals surface area contributed by atoms with E-state index >= 15 is 0 Å². The first-order valence-electron chi connectivity index (χ1n) is 7.68. The van der Waals surface area contributed by atoms with Crippen LogP contribution in [0, 0.1) is 11.8 Å². The maximum absolute atomic E-state index is 3.62. The number of hydrogen-bond acceptors (Lipinski definition) is 2. The van der Waals surface area contributed by atoms with Gasteiger partial charge < -0.3 is 10.2 Å². The Balaban J connectivity index is 1.89. The van der Waals surface area contributed by atoms with Crippen LogP contribution in [0.2, 0.25) is 0 Å². The molecule has 0 aliphatic heterocycles. The molecule has 0 spiro atoms. The molecule has 0 saturated heterocycles. The summed E-state index contributed by atoms with van der Waals surface area (Å²) in [6.07, 6.45) is 4.98. The molecule has 2 heteroatoms. The van der Waals surface area contributed by atoms with Gasteiger partial charge in [0.15, 0.2) is 0 Å². The van der Waals surface area contributed by atoms with Crippen molar-refractivity contribution in [1.29, 1.82) is 0 Å². The lowest BCUT2D eigenvalue weighted by atomic mass is 9.84. The lowest BCUT2D eigenvalue weighted by Gasteiger charge is -2.26. The first-order chi connectivity index (χ1) is 9.52. The van der Waals surface area contributed by atoms with Crippen molar-refractivity contribution in [1.82, 2.24) is 4.90 Å². The van der Waals surface area contributed by atoms with E-state index in [1.807, 2.05) is 0 Å². The van der Waals surface area contributed by atoms with E-state index in [2.05, 4.69) is 68.5 Å². The molecule has 0 bridgehead atoms. The second-order valence-corrected chi connectivity index (χ2v) is 6.62. The van der Waals surface area contributed by atoms with Crippen LogP contribution in [-0.4, -0.2) is 25.5 Å². The zero-order chi connectivity index (χ0) is 14.5. The van der Waals surface area contributed by atoms with E-state index in [0.717, 1.165) is 24.9 Å². The van der Waals surface area contributed by atoms with Crippen LogP contribution in [0.4, 0.5) is 5.69 Å². The van der Waals surface area contributed by atoms with E-state index < -0.39 is 0 Å². The summed E-state index contributed by atoms with van der Waals surface area (Å²) >= 11 is 0. The summed E-state index contributed by atoms with van der Waals surface area (Å²) in [5, 5.41) is 3.62. The molecule has 1 N–H and O–H groups in total. The van der Waals surface area contributed by atoms with Crippen molar-refractivity contribution in [3.8, 4) is 0 Å². The minimum atomic E-state index is 0.732. The summed E-state index contributed by atoms with van der Waals surface area (Å²) in [7, 11) is 4.22. The predicted molar refractivity (Wildman–Crippen MR) is 88.0 cm³/mol. The first-order valence-corrected chi connectivity index (χ1v) is 7.68. The third-order valence-electron chi connectivity index (χ3n) is 3.91. The zero-order valence-corrected chi connectivity index (χ0v) is 13.3. The smallest absolute Gasteiger partial charge is 0.0343 e. The highest BCUT2D eigenvalue weighted by Crippen LogP contribution is 2.28. The molecule has 0 amide bonds. The minimum absolute atomic E-state index is 0.732. The number of rotatable bonds is 5. The molecule has 2 atom stereocenters. The van der Waals surface area contributed by atoms with E-state index in [1.54, 1.807) is 5.57 Å². The van der Waals surface area contributed by atoms with Gasteiger partial charge in [-0.1, -0.05) is 30.7 Å². The van der Waals surface area contributed by atoms with E-state index in [1.165, 1.54) is 24.1 Å². The molecule has 2 nitrogen and oxygen atoms in total. The predicted octanol–water partition coefficient (Wildman–Crippen LogP) is 4.15. The highest BCUT2D eigenvalue weighted by molar-refractivity contribution is 5.45. The lowest BCUT2D eigenvalue weighted by Crippen LogP contribution is -2.20. The van der Waals surface area contributed by atoms with Gasteiger partial charge in [0, 0.05) is 18.8 Å². The fourth-order valence-corrected chi connectivity index (χ4v) is 3.25. The fourth-order valence-electron chi connectivity index (χ4n) is 3.25. The molecule has 1 aliphatic rings. The van der Waals surface area contributed by atoms with Crippen molar-refractivity contribution >= 4 is 5.69 Å². The van der Waals surface area contributed by atoms with Crippen LogP contribution in [0.1, 0.15) is 32.3 Å². The Morgan fingerprint density at radius 2 is 2.10 bits per heavy atom. The van der Waals surface area contributed by atoms with Crippen molar-refractivity contribution in [2.45, 2.75) is 33.2 Å². The van der Waals surface area contributed by atoms with Gasteiger partial charge in [0.25, 0.3) is 0 Å². The summed E-state index contributed by atoms with van der Waals surface area (Å²) in [5.41, 5.74) is 4.18. The average molecular weight is 272 g/mol. The van der Waals surface area contributed by atoms with Crippen LogP contribution in [0.15, 0.2) is 35.9 Å². The number of benzene rings is 1. The van der Waals surface area contributed by atoms with Gasteiger partial charge in [0.1, 0.15) is 0 Å². The van der Waals surface area contributed by atoms with Crippen LogP contribution >= 0.6 is 0 Å². The third-order valence-corrected chi connectivity index (χ3v) is 3.91. The number of nitrogens with zero attached hydrogens (tertiary/aromatic N) is 1. The number of allylic oxidation sites excluding steroid dienone is 2. The van der Waals surface area contributed by atoms with Crippen molar-refractivity contribution in [2.24, 2.45) is 11.8 Å². The number of nitrogens with one attached hydrogen (secondary N) is 1. The Bertz CT molecular complexity index is 462. The Hall–Kier alpha value is -1.28. The second kappa shape index (κ2) is 6.94. The molecule has 0 radical (unpaired) electrons. The van der Waals surface area contributed by atoms with E-state index in [9.17, 15) is 0 Å². The summed E-state index contributed by atoms with van der Waals surface area (Å²) in [6.45, 7) is 6.67. The van der Waals surface area contributed by atoms with Crippen molar-refractivity contribution in [2.75, 3.05) is 26.0 Å². The van der Waals surface area contributed by atoms with Crippen molar-refractivity contribution in [3.63, 3.8) is 0 Å². The van der Waals surface area contributed by atoms with Crippen LogP contribution in [0.5, 0.6) is 0 Å². The van der Waals surface area contributed by atoms with Crippen LogP contribution in [-0.2, 0) is 6.54 Å². The SMILES string of the molecule is CC1=CC(C)CC(CNc2cccc(CN(C)C)c2)C1. The zero-order valence-electron chi connectivity index (χ0n) is 13.3. The molecule has 2 rings (SSSR count). The molecular formula is C18H28N2. The van der Waals surface area contributed by atoms with Gasteiger partial charge >= 0.3 is 0 Å². The average Bonchev–Trinajstić information content (AvgIpc) is 2.35. The monoisotopic (exact) mass is 272 g/mol. The molecule has 0 aromatic heterocycles. The maximum Gasteiger partial charge on any atom is 0.0343 e. The quantitative estimate of drug-likeness (QED) is 0.810. The highest BCUT2D eigenvalue weighted by atomic mass is 15.0. The van der Waals surface area contributed by atoms with Gasteiger partial charge in [0.2, 0.25) is 0 Å². The number of anilines is 1. The van der Waals surface area contributed by atoms with Crippen LogP contribution in [0.25, 0.3) is 0 Å². The van der Waals surface area contributed by atoms with Gasteiger partial charge in [-0.3, -0.25) is 0 Å². The summed E-state index contributed by atoms with van der Waals surface area (Å²) in [4.78, 5) is 2.20. The molecule has 110 valence electrons. The Kier molecular flexibility index (Phi) is 5.24. The molecule has 0 heterocycles. The first kappa shape index (κ1) is 15.1. The van der Waals surface area contributed by atoms with E-state index in [-0.39, 0.29) is 0 Å². The molecule has 1 aromatic rings. The van der Waals surface area contributed by atoms with Crippen molar-refractivity contribution in [3.05, 3.63) is 41.5 Å². The standard InChI is InChI=1S/C18H28N2/c1-14-8-15(2)10-17(9-14)12-19-18-7-5-6-16(11-18)13-20(3)4/h5-8,11,14,17,19H,9-10,12-13H2,1-4H3. The Morgan fingerprint density at radius 3 is 2.80 bits per heavy atom. The molecule has 20 heavy (non-hydrogen) atoms. The van der Waals surface area contributed by atoms with E-state index in [4.69, 9.17) is 0 Å².